The number of carbonyl (C=O) groups excluding carboxylic acids is 2. The minimum Gasteiger partial charge on any atom is -0.462 e. The van der Waals surface area contributed by atoms with E-state index >= 15 is 0 Å². The fourth-order valence-corrected chi connectivity index (χ4v) is 7.36. The van der Waals surface area contributed by atoms with Gasteiger partial charge in [-0.25, -0.2) is 0 Å². The first-order chi connectivity index (χ1) is 28.5. The van der Waals surface area contributed by atoms with E-state index in [0.29, 0.717) is 12.8 Å². The summed E-state index contributed by atoms with van der Waals surface area (Å²) in [7, 11) is -4.60. The third kappa shape index (κ3) is 31.2. The van der Waals surface area contributed by atoms with E-state index < -0.39 is 71.2 Å². The molecule has 4 N–H and O–H groups in total. The normalized spacial score (nSPS) is 20.7. The van der Waals surface area contributed by atoms with Gasteiger partial charge in [0.05, 0.1) is 6.61 Å². The van der Waals surface area contributed by atoms with Gasteiger partial charge in [0.25, 0.3) is 10.1 Å². The highest BCUT2D eigenvalue weighted by atomic mass is 32.2. The molecule has 342 valence electrons. The highest BCUT2D eigenvalue weighted by Gasteiger charge is 2.46. The molecular formula is C46H80O12S. The quantitative estimate of drug-likeness (QED) is 0.0201. The van der Waals surface area contributed by atoms with Gasteiger partial charge in [-0.05, 0) is 51.4 Å². The Morgan fingerprint density at radius 2 is 1.07 bits per heavy atom. The van der Waals surface area contributed by atoms with E-state index in [1.807, 2.05) is 0 Å². The maximum atomic E-state index is 12.8. The molecule has 6 unspecified atom stereocenters. The van der Waals surface area contributed by atoms with Crippen LogP contribution in [-0.2, 0) is 38.7 Å². The van der Waals surface area contributed by atoms with Crippen molar-refractivity contribution in [1.29, 1.82) is 0 Å². The average molecular weight is 857 g/mol. The van der Waals surface area contributed by atoms with E-state index in [1.54, 1.807) is 0 Å². The lowest BCUT2D eigenvalue weighted by Gasteiger charge is -2.40. The summed E-state index contributed by atoms with van der Waals surface area (Å²) in [6.07, 6.45) is 33.0. The van der Waals surface area contributed by atoms with Crippen LogP contribution in [0.15, 0.2) is 48.6 Å². The molecule has 1 heterocycles. The lowest BCUT2D eigenvalue weighted by atomic mass is 10.00. The van der Waals surface area contributed by atoms with Gasteiger partial charge in [-0.1, -0.05) is 159 Å². The molecule has 1 saturated heterocycles. The van der Waals surface area contributed by atoms with Crippen molar-refractivity contribution in [3.05, 3.63) is 48.6 Å². The first-order valence-corrected chi connectivity index (χ1v) is 24.3. The summed E-state index contributed by atoms with van der Waals surface area (Å²) >= 11 is 0. The second-order valence-electron chi connectivity index (χ2n) is 15.7. The molecule has 0 aromatic rings. The zero-order valence-electron chi connectivity index (χ0n) is 36.3. The summed E-state index contributed by atoms with van der Waals surface area (Å²) in [4.78, 5) is 25.3. The van der Waals surface area contributed by atoms with Gasteiger partial charge in [0.1, 0.15) is 36.8 Å². The predicted octanol–water partition coefficient (Wildman–Crippen LogP) is 9.17. The highest BCUT2D eigenvalue weighted by molar-refractivity contribution is 7.85. The molecule has 6 atom stereocenters. The number of ether oxygens (including phenoxy) is 4. The minimum atomic E-state index is -4.60. The van der Waals surface area contributed by atoms with Crippen molar-refractivity contribution in [3.8, 4) is 0 Å². The SMILES string of the molecule is CC/C=C\C/C=C\C/C=C\C/C=C\CCCCCCCCCCC(=O)OC(COC(=O)CCCCCCCCCCCC)COC1OC(CS(=O)(=O)O)C(O)C(O)C1O. The molecule has 0 saturated carbocycles. The van der Waals surface area contributed by atoms with Gasteiger partial charge < -0.3 is 34.3 Å². The van der Waals surface area contributed by atoms with E-state index in [0.717, 1.165) is 77.0 Å². The number of aliphatic hydroxyl groups excluding tert-OH is 3. The van der Waals surface area contributed by atoms with Crippen LogP contribution in [0.25, 0.3) is 0 Å². The summed E-state index contributed by atoms with van der Waals surface area (Å²) in [5, 5.41) is 30.8. The van der Waals surface area contributed by atoms with E-state index in [2.05, 4.69) is 62.5 Å². The van der Waals surface area contributed by atoms with Gasteiger partial charge in [-0.3, -0.25) is 14.1 Å². The Bertz CT molecular complexity index is 1280. The number of rotatable bonds is 37. The summed E-state index contributed by atoms with van der Waals surface area (Å²) in [5.74, 6) is -1.99. The van der Waals surface area contributed by atoms with Gasteiger partial charge in [0.2, 0.25) is 0 Å². The first kappa shape index (κ1) is 54.6. The van der Waals surface area contributed by atoms with E-state index in [-0.39, 0.29) is 19.4 Å². The van der Waals surface area contributed by atoms with Crippen molar-refractivity contribution in [2.24, 2.45) is 0 Å². The van der Waals surface area contributed by atoms with Crippen LogP contribution in [0.5, 0.6) is 0 Å². The third-order valence-electron chi connectivity index (χ3n) is 10.2. The molecule has 13 heteroatoms. The highest BCUT2D eigenvalue weighted by Crippen LogP contribution is 2.24. The Balaban J connectivity index is 2.41. The fourth-order valence-electron chi connectivity index (χ4n) is 6.67. The summed E-state index contributed by atoms with van der Waals surface area (Å²) < 4.78 is 54.0. The molecule has 1 fully saturated rings. The summed E-state index contributed by atoms with van der Waals surface area (Å²) in [6.45, 7) is 3.62. The molecule has 0 amide bonds. The van der Waals surface area contributed by atoms with Crippen molar-refractivity contribution in [2.75, 3.05) is 19.0 Å². The lowest BCUT2D eigenvalue weighted by molar-refractivity contribution is -0.297. The molecule has 1 aliphatic rings. The van der Waals surface area contributed by atoms with Crippen molar-refractivity contribution in [2.45, 2.75) is 211 Å². The molecule has 0 aromatic carbocycles. The molecule has 0 aliphatic carbocycles. The average Bonchev–Trinajstić information content (AvgIpc) is 3.20. The van der Waals surface area contributed by atoms with Crippen LogP contribution in [0.3, 0.4) is 0 Å². The van der Waals surface area contributed by atoms with Crippen LogP contribution < -0.4 is 0 Å². The monoisotopic (exact) mass is 857 g/mol. The van der Waals surface area contributed by atoms with E-state index in [1.165, 1.54) is 57.8 Å². The number of allylic oxidation sites excluding steroid dienone is 8. The van der Waals surface area contributed by atoms with Crippen LogP contribution in [0.1, 0.15) is 174 Å². The van der Waals surface area contributed by atoms with Crippen molar-refractivity contribution < 1.29 is 56.8 Å². The number of aliphatic hydroxyl groups is 3. The molecule has 0 bridgehead atoms. The molecule has 0 spiro atoms. The van der Waals surface area contributed by atoms with Crippen LogP contribution >= 0.6 is 0 Å². The van der Waals surface area contributed by atoms with Crippen LogP contribution in [0, 0.1) is 0 Å². The van der Waals surface area contributed by atoms with Crippen molar-refractivity contribution in [3.63, 3.8) is 0 Å². The lowest BCUT2D eigenvalue weighted by Crippen LogP contribution is -2.60. The number of esters is 2. The smallest absolute Gasteiger partial charge is 0.306 e. The largest absolute Gasteiger partial charge is 0.462 e. The van der Waals surface area contributed by atoms with E-state index in [4.69, 9.17) is 18.9 Å². The molecule has 12 nitrogen and oxygen atoms in total. The van der Waals surface area contributed by atoms with Crippen molar-refractivity contribution >= 4 is 22.1 Å². The van der Waals surface area contributed by atoms with Gasteiger partial charge in [0, 0.05) is 12.8 Å². The maximum Gasteiger partial charge on any atom is 0.306 e. The Labute approximate surface area is 356 Å². The number of carbonyl (C=O) groups is 2. The van der Waals surface area contributed by atoms with Crippen molar-refractivity contribution in [1.82, 2.24) is 0 Å². The standard InChI is InChI=1S/C46H80O12S/c1-3-5-7-9-11-13-15-16-17-18-19-20-21-22-23-24-25-27-29-31-33-35-42(48)57-39(36-55-41(47)34-32-30-28-26-14-12-10-8-6-4-2)37-56-46-45(51)44(50)43(49)40(58-46)38-59(52,53)54/h5,7,11,13,16-17,19-20,39-40,43-46,49-51H,3-4,6,8-10,12,14-15,18,21-38H2,1-2H3,(H,52,53,54)/b7-5-,13-11-,17-16-,20-19-. The van der Waals surface area contributed by atoms with Gasteiger partial charge >= 0.3 is 11.9 Å². The van der Waals surface area contributed by atoms with Gasteiger partial charge in [-0.15, -0.1) is 0 Å². The fraction of sp³-hybridized carbons (Fsp3) is 0.783. The molecule has 59 heavy (non-hydrogen) atoms. The van der Waals surface area contributed by atoms with Gasteiger partial charge in [0.15, 0.2) is 12.4 Å². The Kier molecular flexibility index (Phi) is 33.6. The molecule has 0 aromatic heterocycles. The summed E-state index contributed by atoms with van der Waals surface area (Å²) in [6, 6.07) is 0. The Hall–Kier alpha value is -2.39. The second-order valence-corrected chi connectivity index (χ2v) is 17.2. The first-order valence-electron chi connectivity index (χ1n) is 22.7. The zero-order chi connectivity index (χ0) is 43.4. The summed E-state index contributed by atoms with van der Waals surface area (Å²) in [5.41, 5.74) is 0. The zero-order valence-corrected chi connectivity index (χ0v) is 37.2. The van der Waals surface area contributed by atoms with Crippen LogP contribution in [0.4, 0.5) is 0 Å². The molecule has 1 aliphatic heterocycles. The van der Waals surface area contributed by atoms with Crippen LogP contribution in [-0.4, -0.2) is 96.0 Å². The second kappa shape index (κ2) is 36.3. The Morgan fingerprint density at radius 3 is 1.59 bits per heavy atom. The number of unbranched alkanes of at least 4 members (excludes halogenated alkanes) is 17. The van der Waals surface area contributed by atoms with Gasteiger partial charge in [-0.2, -0.15) is 8.42 Å². The Morgan fingerprint density at radius 1 is 0.593 bits per heavy atom. The number of hydrogen-bond donors (Lipinski definition) is 4. The minimum absolute atomic E-state index is 0.155. The van der Waals surface area contributed by atoms with E-state index in [9.17, 15) is 37.9 Å². The third-order valence-corrected chi connectivity index (χ3v) is 10.9. The molecule has 1 rings (SSSR count). The predicted molar refractivity (Wildman–Crippen MR) is 233 cm³/mol. The van der Waals surface area contributed by atoms with Crippen LogP contribution in [0.2, 0.25) is 0 Å². The number of hydrogen-bond acceptors (Lipinski definition) is 11. The maximum absolute atomic E-state index is 12.8. The molecule has 0 radical (unpaired) electrons. The topological polar surface area (TPSA) is 186 Å². The molecular weight excluding hydrogens is 777 g/mol.